The van der Waals surface area contributed by atoms with Crippen LogP contribution in [0.2, 0.25) is 0 Å². The number of amides is 2. The number of aryl methyl sites for hydroxylation is 1. The normalized spacial score (nSPS) is 18.3. The SMILES string of the molecule is Cc1cc(NC(=O)c2c(C)c(C(=O)C(=O)N[C@H]3CCC[C@H]3O)n(C)c2C)cnc1F. The molecule has 0 aromatic carbocycles. The molecule has 1 aliphatic carbocycles. The number of aliphatic hydroxyl groups excluding tert-OH is 1. The summed E-state index contributed by atoms with van der Waals surface area (Å²) in [6.07, 6.45) is 2.53. The highest BCUT2D eigenvalue weighted by atomic mass is 19.1. The van der Waals surface area contributed by atoms with Gasteiger partial charge in [-0.2, -0.15) is 4.39 Å². The molecule has 0 unspecified atom stereocenters. The van der Waals surface area contributed by atoms with Crippen molar-refractivity contribution in [3.05, 3.63) is 46.3 Å². The average Bonchev–Trinajstić information content (AvgIpc) is 3.18. The van der Waals surface area contributed by atoms with Crippen molar-refractivity contribution in [1.29, 1.82) is 0 Å². The molecule has 2 heterocycles. The van der Waals surface area contributed by atoms with Crippen molar-refractivity contribution in [3.63, 3.8) is 0 Å². The van der Waals surface area contributed by atoms with Crippen LogP contribution >= 0.6 is 0 Å². The maximum atomic E-state index is 13.4. The third-order valence-corrected chi connectivity index (χ3v) is 5.65. The number of ketones is 1. The van der Waals surface area contributed by atoms with Crippen molar-refractivity contribution in [3.8, 4) is 0 Å². The molecule has 1 fully saturated rings. The molecular formula is C21H25FN4O4. The van der Waals surface area contributed by atoms with Gasteiger partial charge in [0, 0.05) is 18.3 Å². The van der Waals surface area contributed by atoms with Gasteiger partial charge in [0.15, 0.2) is 0 Å². The molecule has 0 bridgehead atoms. The summed E-state index contributed by atoms with van der Waals surface area (Å²) in [5, 5.41) is 15.1. The van der Waals surface area contributed by atoms with Crippen molar-refractivity contribution >= 4 is 23.3 Å². The zero-order valence-corrected chi connectivity index (χ0v) is 17.4. The van der Waals surface area contributed by atoms with Crippen molar-refractivity contribution < 1.29 is 23.9 Å². The number of aliphatic hydroxyl groups is 1. The molecule has 9 heteroatoms. The zero-order chi connectivity index (χ0) is 22.2. The predicted octanol–water partition coefficient (Wildman–Crippen LogP) is 1.95. The molecule has 8 nitrogen and oxygen atoms in total. The maximum absolute atomic E-state index is 13.4. The summed E-state index contributed by atoms with van der Waals surface area (Å²) in [6.45, 7) is 4.81. The van der Waals surface area contributed by atoms with E-state index in [1.165, 1.54) is 23.8 Å². The van der Waals surface area contributed by atoms with Crippen LogP contribution < -0.4 is 10.6 Å². The third kappa shape index (κ3) is 3.97. The van der Waals surface area contributed by atoms with Crippen LogP contribution in [0.3, 0.4) is 0 Å². The van der Waals surface area contributed by atoms with Crippen molar-refractivity contribution in [2.45, 2.75) is 52.2 Å². The first-order valence-corrected chi connectivity index (χ1v) is 9.74. The van der Waals surface area contributed by atoms with Gasteiger partial charge in [-0.25, -0.2) is 4.98 Å². The zero-order valence-electron chi connectivity index (χ0n) is 17.4. The number of hydrogen-bond acceptors (Lipinski definition) is 5. The van der Waals surface area contributed by atoms with Crippen LogP contribution in [0.15, 0.2) is 12.3 Å². The van der Waals surface area contributed by atoms with E-state index >= 15 is 0 Å². The van der Waals surface area contributed by atoms with Gasteiger partial charge < -0.3 is 20.3 Å². The fourth-order valence-electron chi connectivity index (χ4n) is 3.90. The van der Waals surface area contributed by atoms with Crippen LogP contribution in [0, 0.1) is 26.7 Å². The summed E-state index contributed by atoms with van der Waals surface area (Å²) >= 11 is 0. The Morgan fingerprint density at radius 3 is 2.53 bits per heavy atom. The van der Waals surface area contributed by atoms with Gasteiger partial charge in [-0.1, -0.05) is 0 Å². The van der Waals surface area contributed by atoms with E-state index in [4.69, 9.17) is 0 Å². The minimum atomic E-state index is -0.810. The number of pyridine rings is 1. The lowest BCUT2D eigenvalue weighted by atomic mass is 10.1. The minimum absolute atomic E-state index is 0.107. The van der Waals surface area contributed by atoms with E-state index in [0.29, 0.717) is 29.8 Å². The van der Waals surface area contributed by atoms with Crippen LogP contribution in [0.25, 0.3) is 0 Å². The van der Waals surface area contributed by atoms with E-state index in [1.807, 2.05) is 0 Å². The van der Waals surface area contributed by atoms with E-state index in [1.54, 1.807) is 20.9 Å². The van der Waals surface area contributed by atoms with Crippen LogP contribution in [-0.2, 0) is 11.8 Å². The number of anilines is 1. The van der Waals surface area contributed by atoms with Crippen molar-refractivity contribution in [1.82, 2.24) is 14.9 Å². The largest absolute Gasteiger partial charge is 0.391 e. The van der Waals surface area contributed by atoms with Gasteiger partial charge in [0.25, 0.3) is 17.6 Å². The summed E-state index contributed by atoms with van der Waals surface area (Å²) in [7, 11) is 1.60. The second kappa shape index (κ2) is 8.35. The lowest BCUT2D eigenvalue weighted by Gasteiger charge is -2.16. The van der Waals surface area contributed by atoms with Crippen LogP contribution in [0.1, 0.15) is 56.9 Å². The van der Waals surface area contributed by atoms with E-state index in [9.17, 15) is 23.9 Å². The number of Topliss-reactive ketones (excluding diaryl/α,β-unsaturated/α-hetero) is 1. The van der Waals surface area contributed by atoms with Crippen LogP contribution in [0.5, 0.6) is 0 Å². The smallest absolute Gasteiger partial charge is 0.294 e. The van der Waals surface area contributed by atoms with Gasteiger partial charge in [-0.15, -0.1) is 0 Å². The first-order valence-electron chi connectivity index (χ1n) is 9.74. The highest BCUT2D eigenvalue weighted by Crippen LogP contribution is 2.24. The Balaban J connectivity index is 1.85. The number of nitrogens with zero attached hydrogens (tertiary/aromatic N) is 2. The summed E-state index contributed by atoms with van der Waals surface area (Å²) in [5.41, 5.74) is 1.85. The summed E-state index contributed by atoms with van der Waals surface area (Å²) < 4.78 is 14.9. The molecule has 1 saturated carbocycles. The summed E-state index contributed by atoms with van der Waals surface area (Å²) in [5.74, 6) is -2.68. The van der Waals surface area contributed by atoms with Gasteiger partial charge in [0.1, 0.15) is 0 Å². The van der Waals surface area contributed by atoms with Gasteiger partial charge >= 0.3 is 0 Å². The molecule has 0 aliphatic heterocycles. The molecule has 30 heavy (non-hydrogen) atoms. The topological polar surface area (TPSA) is 113 Å². The lowest BCUT2D eigenvalue weighted by molar-refractivity contribution is -0.118. The molecule has 2 aromatic heterocycles. The Bertz CT molecular complexity index is 1030. The van der Waals surface area contributed by atoms with E-state index in [-0.39, 0.29) is 16.8 Å². The first kappa shape index (κ1) is 21.6. The Hall–Kier alpha value is -3.07. The number of carbonyl (C=O) groups is 3. The van der Waals surface area contributed by atoms with Crippen molar-refractivity contribution in [2.75, 3.05) is 5.32 Å². The molecule has 2 atom stereocenters. The van der Waals surface area contributed by atoms with E-state index in [2.05, 4.69) is 15.6 Å². The van der Waals surface area contributed by atoms with Gasteiger partial charge in [0.05, 0.1) is 35.3 Å². The quantitative estimate of drug-likeness (QED) is 0.392. The molecule has 3 N–H and O–H groups in total. The maximum Gasteiger partial charge on any atom is 0.294 e. The highest BCUT2D eigenvalue weighted by Gasteiger charge is 2.32. The minimum Gasteiger partial charge on any atom is -0.391 e. The average molecular weight is 416 g/mol. The number of hydrogen-bond donors (Lipinski definition) is 3. The first-order chi connectivity index (χ1) is 14.1. The number of halogens is 1. The van der Waals surface area contributed by atoms with Crippen molar-refractivity contribution in [2.24, 2.45) is 7.05 Å². The fraction of sp³-hybridized carbons (Fsp3) is 0.429. The number of nitrogens with one attached hydrogen (secondary N) is 2. The molecular weight excluding hydrogens is 391 g/mol. The van der Waals surface area contributed by atoms with Crippen LogP contribution in [-0.4, -0.2) is 44.4 Å². The summed E-state index contributed by atoms with van der Waals surface area (Å²) in [4.78, 5) is 41.7. The van der Waals surface area contributed by atoms with Gasteiger partial charge in [-0.3, -0.25) is 14.4 Å². The number of rotatable bonds is 5. The second-order valence-electron chi connectivity index (χ2n) is 7.69. The van der Waals surface area contributed by atoms with Gasteiger partial charge in [-0.05, 0) is 51.7 Å². The van der Waals surface area contributed by atoms with Crippen LogP contribution in [0.4, 0.5) is 10.1 Å². The molecule has 0 saturated heterocycles. The molecule has 2 aromatic rings. The third-order valence-electron chi connectivity index (χ3n) is 5.65. The predicted molar refractivity (Wildman–Crippen MR) is 108 cm³/mol. The fourth-order valence-corrected chi connectivity index (χ4v) is 3.90. The molecule has 3 rings (SSSR count). The lowest BCUT2D eigenvalue weighted by Crippen LogP contribution is -2.43. The Labute approximate surface area is 173 Å². The Morgan fingerprint density at radius 2 is 1.93 bits per heavy atom. The second-order valence-corrected chi connectivity index (χ2v) is 7.69. The number of carbonyl (C=O) groups excluding carboxylic acids is 3. The molecule has 160 valence electrons. The Morgan fingerprint density at radius 1 is 1.23 bits per heavy atom. The molecule has 2 amide bonds. The number of aromatic nitrogens is 2. The monoisotopic (exact) mass is 416 g/mol. The highest BCUT2D eigenvalue weighted by molar-refractivity contribution is 6.43. The molecule has 0 radical (unpaired) electrons. The Kier molecular flexibility index (Phi) is 6.02. The summed E-state index contributed by atoms with van der Waals surface area (Å²) in [6, 6.07) is 1.01. The molecule has 0 spiro atoms. The standard InChI is InChI=1S/C21H25FN4O4/c1-10-8-13(9-23-19(10)22)24-20(29)16-11(2)17(26(4)12(16)3)18(28)21(30)25-14-6-5-7-15(14)27/h8-9,14-15,27H,5-7H2,1-4H3,(H,24,29)(H,25,30)/t14-,15+/m0/s1. The van der Waals surface area contributed by atoms with Gasteiger partial charge in [0.2, 0.25) is 5.95 Å². The van der Waals surface area contributed by atoms with E-state index in [0.717, 1.165) is 6.42 Å². The van der Waals surface area contributed by atoms with E-state index < -0.39 is 35.7 Å². The molecule has 1 aliphatic rings.